The Morgan fingerprint density at radius 1 is 1.07 bits per heavy atom. The molecule has 0 atom stereocenters. The Hall–Kier alpha value is -4.91. The van der Waals surface area contributed by atoms with Gasteiger partial charge >= 0.3 is 18.1 Å². The molecule has 1 aliphatic rings. The molecule has 1 aliphatic carbocycles. The Bertz CT molecular complexity index is 1640. The van der Waals surface area contributed by atoms with Gasteiger partial charge in [0.05, 0.1) is 23.9 Å². The standard InChI is InChI=1S/C28H28ClN9O6/c1-37-14-21(29)25(36-37)24-17(9-30)11-34-27(35-24)44-20-6-4-19(5-7-20)38(28(41)43-15-23(39)40)22-8-3-16(10-31-22)18-12-32-26(42-2)33-13-18/h3,8,10-14,19-20,23,39-40H,4-7,15H2,1-2H3. The number of ether oxygens (including phenoxy) is 3. The lowest BCUT2D eigenvalue weighted by Crippen LogP contribution is -2.45. The number of halogens is 1. The molecular weight excluding hydrogens is 594 g/mol. The molecule has 1 saturated carbocycles. The highest BCUT2D eigenvalue weighted by molar-refractivity contribution is 6.33. The molecule has 0 spiro atoms. The van der Waals surface area contributed by atoms with Crippen LogP contribution in [0, 0.1) is 11.3 Å². The maximum Gasteiger partial charge on any atom is 0.415 e. The van der Waals surface area contributed by atoms with E-state index in [1.165, 1.54) is 22.9 Å². The van der Waals surface area contributed by atoms with Crippen molar-refractivity contribution in [2.45, 2.75) is 44.1 Å². The molecule has 0 aromatic carbocycles. The number of hydrogen-bond acceptors (Lipinski definition) is 13. The van der Waals surface area contributed by atoms with E-state index < -0.39 is 19.0 Å². The minimum atomic E-state index is -1.81. The van der Waals surface area contributed by atoms with Gasteiger partial charge in [0.1, 0.15) is 36.0 Å². The number of aliphatic hydroxyl groups excluding tert-OH is 1. The van der Waals surface area contributed by atoms with Crippen LogP contribution in [-0.2, 0) is 11.8 Å². The summed E-state index contributed by atoms with van der Waals surface area (Å²) in [5.74, 6) is 0.331. The first-order valence-corrected chi connectivity index (χ1v) is 13.9. The van der Waals surface area contributed by atoms with Crippen molar-refractivity contribution in [2.75, 3.05) is 18.6 Å². The van der Waals surface area contributed by atoms with E-state index in [4.69, 9.17) is 25.8 Å². The van der Waals surface area contributed by atoms with Gasteiger partial charge in [-0.15, -0.1) is 0 Å². The Morgan fingerprint density at radius 3 is 2.36 bits per heavy atom. The van der Waals surface area contributed by atoms with Gasteiger partial charge in [0.2, 0.25) is 0 Å². The number of aromatic nitrogens is 7. The van der Waals surface area contributed by atoms with Crippen molar-refractivity contribution >= 4 is 23.5 Å². The number of methoxy groups -OCH3 is 1. The van der Waals surface area contributed by atoms with Crippen LogP contribution in [0.2, 0.25) is 5.02 Å². The average molecular weight is 622 g/mol. The van der Waals surface area contributed by atoms with Gasteiger partial charge in [-0.25, -0.2) is 24.7 Å². The van der Waals surface area contributed by atoms with Gasteiger partial charge in [-0.2, -0.15) is 15.3 Å². The molecule has 4 aromatic heterocycles. The van der Waals surface area contributed by atoms with E-state index in [0.717, 1.165) is 5.56 Å². The normalized spacial score (nSPS) is 16.3. The monoisotopic (exact) mass is 621 g/mol. The molecule has 2 N–H and O–H groups in total. The summed E-state index contributed by atoms with van der Waals surface area (Å²) in [4.78, 5) is 35.8. The fourth-order valence-corrected chi connectivity index (χ4v) is 5.06. The van der Waals surface area contributed by atoms with Crippen LogP contribution < -0.4 is 14.4 Å². The van der Waals surface area contributed by atoms with Crippen molar-refractivity contribution in [1.82, 2.24) is 34.7 Å². The Balaban J connectivity index is 1.30. The van der Waals surface area contributed by atoms with Crippen molar-refractivity contribution in [1.29, 1.82) is 5.26 Å². The van der Waals surface area contributed by atoms with Crippen molar-refractivity contribution < 1.29 is 29.2 Å². The first kappa shape index (κ1) is 30.5. The third-order valence-electron chi connectivity index (χ3n) is 6.87. The van der Waals surface area contributed by atoms with Crippen molar-refractivity contribution in [3.63, 3.8) is 0 Å². The fraction of sp³-hybridized carbons (Fsp3) is 0.357. The number of amides is 1. The lowest BCUT2D eigenvalue weighted by Gasteiger charge is -2.35. The van der Waals surface area contributed by atoms with E-state index >= 15 is 0 Å². The van der Waals surface area contributed by atoms with Crippen LogP contribution in [0.5, 0.6) is 12.0 Å². The number of carbonyl (C=O) groups excluding carboxylic acids is 1. The van der Waals surface area contributed by atoms with Crippen LogP contribution >= 0.6 is 11.6 Å². The second kappa shape index (κ2) is 13.6. The summed E-state index contributed by atoms with van der Waals surface area (Å²) in [5, 5.41) is 32.7. The summed E-state index contributed by atoms with van der Waals surface area (Å²) in [6, 6.07) is 5.51. The lowest BCUT2D eigenvalue weighted by molar-refractivity contribution is -0.0770. The number of nitrogens with zero attached hydrogens (tertiary/aromatic N) is 9. The van der Waals surface area contributed by atoms with Crippen LogP contribution in [0.15, 0.2) is 43.1 Å². The number of aliphatic hydroxyl groups is 2. The van der Waals surface area contributed by atoms with Crippen molar-refractivity contribution in [3.05, 3.63) is 53.7 Å². The zero-order valence-corrected chi connectivity index (χ0v) is 24.5. The number of nitriles is 1. The highest BCUT2D eigenvalue weighted by atomic mass is 35.5. The molecule has 4 aromatic rings. The smallest absolute Gasteiger partial charge is 0.415 e. The minimum absolute atomic E-state index is 0.0807. The highest BCUT2D eigenvalue weighted by Crippen LogP contribution is 2.32. The number of hydrogen-bond donors (Lipinski definition) is 2. The molecule has 0 saturated heterocycles. The summed E-state index contributed by atoms with van der Waals surface area (Å²) < 4.78 is 17.7. The van der Waals surface area contributed by atoms with Gasteiger partial charge in [0, 0.05) is 49.0 Å². The Kier molecular flexibility index (Phi) is 9.44. The molecule has 5 rings (SSSR count). The van der Waals surface area contributed by atoms with E-state index in [1.54, 1.807) is 44.0 Å². The third-order valence-corrected chi connectivity index (χ3v) is 7.14. The topological polar surface area (TPSA) is 195 Å². The van der Waals surface area contributed by atoms with Crippen LogP contribution in [0.4, 0.5) is 10.6 Å². The molecule has 15 nitrogen and oxygen atoms in total. The summed E-state index contributed by atoms with van der Waals surface area (Å²) in [5.41, 5.74) is 2.26. The molecular formula is C28H28ClN9O6. The highest BCUT2D eigenvalue weighted by Gasteiger charge is 2.33. The van der Waals surface area contributed by atoms with Gasteiger partial charge < -0.3 is 24.4 Å². The number of carbonyl (C=O) groups is 1. The summed E-state index contributed by atoms with van der Waals surface area (Å²) in [6.45, 7) is -0.590. The van der Waals surface area contributed by atoms with E-state index in [9.17, 15) is 20.3 Å². The van der Waals surface area contributed by atoms with Gasteiger partial charge in [-0.3, -0.25) is 9.58 Å². The Morgan fingerprint density at radius 2 is 1.77 bits per heavy atom. The molecule has 44 heavy (non-hydrogen) atoms. The van der Waals surface area contributed by atoms with Crippen molar-refractivity contribution in [3.8, 4) is 40.6 Å². The van der Waals surface area contributed by atoms with E-state index in [-0.39, 0.29) is 35.4 Å². The number of pyridine rings is 1. The molecule has 0 radical (unpaired) electrons. The molecule has 4 heterocycles. The molecule has 1 fully saturated rings. The number of rotatable bonds is 9. The molecule has 0 unspecified atom stereocenters. The van der Waals surface area contributed by atoms with Crippen LogP contribution in [-0.4, -0.2) is 83.2 Å². The molecule has 0 aliphatic heterocycles. The predicted octanol–water partition coefficient (Wildman–Crippen LogP) is 2.91. The minimum Gasteiger partial charge on any atom is -0.467 e. The van der Waals surface area contributed by atoms with Gasteiger partial charge in [0.25, 0.3) is 0 Å². The number of aryl methyl sites for hydroxylation is 1. The summed E-state index contributed by atoms with van der Waals surface area (Å²) in [6.07, 6.45) is 7.05. The third kappa shape index (κ3) is 7.00. The molecule has 0 bridgehead atoms. The average Bonchev–Trinajstić information content (AvgIpc) is 3.38. The van der Waals surface area contributed by atoms with Crippen LogP contribution in [0.1, 0.15) is 31.2 Å². The van der Waals surface area contributed by atoms with E-state index in [1.807, 2.05) is 0 Å². The Labute approximate surface area is 256 Å². The first-order valence-electron chi connectivity index (χ1n) is 13.5. The molecule has 228 valence electrons. The summed E-state index contributed by atoms with van der Waals surface area (Å²) in [7, 11) is 3.19. The quantitative estimate of drug-likeness (QED) is 0.259. The van der Waals surface area contributed by atoms with Gasteiger partial charge in [-0.05, 0) is 37.8 Å². The first-order chi connectivity index (χ1) is 21.2. The SMILES string of the molecule is COc1ncc(-c2ccc(N(C(=O)OCC(O)O)C3CCC(Oc4ncc(C#N)c(-c5nn(C)cc5Cl)n4)CC3)nc2)cn1. The maximum absolute atomic E-state index is 13.1. The van der Waals surface area contributed by atoms with E-state index in [2.05, 4.69) is 36.1 Å². The van der Waals surface area contributed by atoms with Crippen LogP contribution in [0.25, 0.3) is 22.5 Å². The number of anilines is 1. The van der Waals surface area contributed by atoms with E-state index in [0.29, 0.717) is 47.8 Å². The zero-order valence-electron chi connectivity index (χ0n) is 23.7. The predicted molar refractivity (Wildman–Crippen MR) is 154 cm³/mol. The lowest BCUT2D eigenvalue weighted by atomic mass is 9.92. The van der Waals surface area contributed by atoms with Crippen LogP contribution in [0.3, 0.4) is 0 Å². The van der Waals surface area contributed by atoms with Gasteiger partial charge in [0.15, 0.2) is 6.29 Å². The molecule has 16 heteroatoms. The largest absolute Gasteiger partial charge is 0.467 e. The second-order valence-electron chi connectivity index (χ2n) is 9.87. The molecule has 1 amide bonds. The fourth-order valence-electron chi connectivity index (χ4n) is 4.79. The van der Waals surface area contributed by atoms with Crippen molar-refractivity contribution in [2.24, 2.45) is 7.05 Å². The summed E-state index contributed by atoms with van der Waals surface area (Å²) >= 11 is 6.29. The second-order valence-corrected chi connectivity index (χ2v) is 10.3. The maximum atomic E-state index is 13.1. The van der Waals surface area contributed by atoms with Gasteiger partial charge in [-0.1, -0.05) is 11.6 Å². The zero-order chi connectivity index (χ0) is 31.2.